The van der Waals surface area contributed by atoms with Crippen molar-refractivity contribution in [2.75, 3.05) is 6.54 Å². The number of hydrogen-bond donors (Lipinski definition) is 1. The van der Waals surface area contributed by atoms with Crippen LogP contribution in [0.1, 0.15) is 12.0 Å². The standard InChI is InChI=1S/C13H17ClN4/c14-13-5-3-11(4-6-13)1-2-12(7-15)8-18-10-16-9-17-18/h3-6,9-10,12H,1-2,7-8,15H2. The van der Waals surface area contributed by atoms with Crippen LogP contribution in [0.2, 0.25) is 5.02 Å². The van der Waals surface area contributed by atoms with E-state index in [1.165, 1.54) is 5.56 Å². The number of nitrogens with zero attached hydrogens (tertiary/aromatic N) is 3. The highest BCUT2D eigenvalue weighted by Crippen LogP contribution is 2.14. The van der Waals surface area contributed by atoms with Crippen molar-refractivity contribution in [1.29, 1.82) is 0 Å². The second kappa shape index (κ2) is 6.52. The van der Waals surface area contributed by atoms with Crippen molar-refractivity contribution >= 4 is 11.6 Å². The first kappa shape index (κ1) is 13.1. The fourth-order valence-electron chi connectivity index (χ4n) is 1.90. The zero-order valence-electron chi connectivity index (χ0n) is 10.2. The maximum atomic E-state index is 5.86. The second-order valence-electron chi connectivity index (χ2n) is 4.38. The van der Waals surface area contributed by atoms with E-state index in [2.05, 4.69) is 22.2 Å². The lowest BCUT2D eigenvalue weighted by molar-refractivity contribution is 0.401. The zero-order chi connectivity index (χ0) is 12.8. The molecule has 2 rings (SSSR count). The van der Waals surface area contributed by atoms with Gasteiger partial charge in [0.1, 0.15) is 12.7 Å². The molecule has 18 heavy (non-hydrogen) atoms. The Balaban J connectivity index is 1.85. The van der Waals surface area contributed by atoms with Gasteiger partial charge in [0.05, 0.1) is 0 Å². The van der Waals surface area contributed by atoms with E-state index in [9.17, 15) is 0 Å². The fourth-order valence-corrected chi connectivity index (χ4v) is 2.02. The first-order valence-corrected chi connectivity index (χ1v) is 6.42. The predicted octanol–water partition coefficient (Wildman–Crippen LogP) is 2.14. The maximum Gasteiger partial charge on any atom is 0.137 e. The summed E-state index contributed by atoms with van der Waals surface area (Å²) in [6, 6.07) is 7.97. The second-order valence-corrected chi connectivity index (χ2v) is 4.82. The van der Waals surface area contributed by atoms with Crippen LogP contribution in [0.25, 0.3) is 0 Å². The molecule has 2 aromatic rings. The molecule has 5 heteroatoms. The van der Waals surface area contributed by atoms with E-state index in [0.29, 0.717) is 12.5 Å². The third kappa shape index (κ3) is 3.82. The van der Waals surface area contributed by atoms with Crippen LogP contribution in [-0.4, -0.2) is 21.3 Å². The van der Waals surface area contributed by atoms with E-state index in [1.807, 2.05) is 16.8 Å². The summed E-state index contributed by atoms with van der Waals surface area (Å²) < 4.78 is 1.83. The molecule has 0 saturated heterocycles. The van der Waals surface area contributed by atoms with Gasteiger partial charge in [-0.1, -0.05) is 23.7 Å². The Morgan fingerprint density at radius 2 is 2.06 bits per heavy atom. The molecule has 0 amide bonds. The van der Waals surface area contributed by atoms with Crippen LogP contribution in [0, 0.1) is 5.92 Å². The average molecular weight is 265 g/mol. The van der Waals surface area contributed by atoms with E-state index in [4.69, 9.17) is 17.3 Å². The van der Waals surface area contributed by atoms with Gasteiger partial charge in [0.2, 0.25) is 0 Å². The summed E-state index contributed by atoms with van der Waals surface area (Å²) in [5.41, 5.74) is 7.08. The van der Waals surface area contributed by atoms with E-state index in [-0.39, 0.29) is 0 Å². The number of rotatable bonds is 6. The average Bonchev–Trinajstić information content (AvgIpc) is 2.89. The minimum atomic E-state index is 0.419. The third-order valence-electron chi connectivity index (χ3n) is 3.00. The molecule has 1 unspecified atom stereocenters. The summed E-state index contributed by atoms with van der Waals surface area (Å²) in [6.07, 6.45) is 5.32. The summed E-state index contributed by atoms with van der Waals surface area (Å²) in [7, 11) is 0. The smallest absolute Gasteiger partial charge is 0.137 e. The van der Waals surface area contributed by atoms with Gasteiger partial charge in [-0.05, 0) is 43.0 Å². The van der Waals surface area contributed by atoms with Gasteiger partial charge in [0.25, 0.3) is 0 Å². The topological polar surface area (TPSA) is 56.7 Å². The minimum absolute atomic E-state index is 0.419. The molecule has 0 fully saturated rings. The molecule has 2 N–H and O–H groups in total. The lowest BCUT2D eigenvalue weighted by atomic mass is 9.99. The van der Waals surface area contributed by atoms with Gasteiger partial charge in [-0.25, -0.2) is 4.98 Å². The number of benzene rings is 1. The molecular formula is C13H17ClN4. The van der Waals surface area contributed by atoms with Gasteiger partial charge >= 0.3 is 0 Å². The Bertz CT molecular complexity index is 452. The summed E-state index contributed by atoms with van der Waals surface area (Å²) in [4.78, 5) is 3.93. The van der Waals surface area contributed by atoms with Crippen LogP contribution < -0.4 is 5.73 Å². The Morgan fingerprint density at radius 3 is 2.67 bits per heavy atom. The molecule has 96 valence electrons. The number of aromatic nitrogens is 3. The van der Waals surface area contributed by atoms with Crippen molar-refractivity contribution < 1.29 is 0 Å². The van der Waals surface area contributed by atoms with Crippen LogP contribution in [0.3, 0.4) is 0 Å². The van der Waals surface area contributed by atoms with E-state index < -0.39 is 0 Å². The summed E-state index contributed by atoms with van der Waals surface area (Å²) >= 11 is 5.86. The minimum Gasteiger partial charge on any atom is -0.330 e. The van der Waals surface area contributed by atoms with Gasteiger partial charge < -0.3 is 5.73 Å². The third-order valence-corrected chi connectivity index (χ3v) is 3.25. The highest BCUT2D eigenvalue weighted by atomic mass is 35.5. The predicted molar refractivity (Wildman–Crippen MR) is 72.3 cm³/mol. The molecular weight excluding hydrogens is 248 g/mol. The van der Waals surface area contributed by atoms with Crippen molar-refractivity contribution in [3.8, 4) is 0 Å². The molecule has 1 aromatic heterocycles. The van der Waals surface area contributed by atoms with Gasteiger partial charge in [0, 0.05) is 11.6 Å². The first-order chi connectivity index (χ1) is 8.78. The number of halogens is 1. The van der Waals surface area contributed by atoms with E-state index in [1.54, 1.807) is 12.7 Å². The molecule has 0 bridgehead atoms. The van der Waals surface area contributed by atoms with Crippen molar-refractivity contribution in [2.45, 2.75) is 19.4 Å². The van der Waals surface area contributed by atoms with Gasteiger partial charge in [-0.3, -0.25) is 4.68 Å². The van der Waals surface area contributed by atoms with Gasteiger partial charge in [-0.2, -0.15) is 5.10 Å². The Morgan fingerprint density at radius 1 is 1.28 bits per heavy atom. The molecule has 1 heterocycles. The Labute approximate surface area is 112 Å². The quantitative estimate of drug-likeness (QED) is 0.870. The number of hydrogen-bond acceptors (Lipinski definition) is 3. The molecule has 0 aliphatic carbocycles. The van der Waals surface area contributed by atoms with Crippen molar-refractivity contribution in [3.63, 3.8) is 0 Å². The largest absolute Gasteiger partial charge is 0.330 e. The zero-order valence-corrected chi connectivity index (χ0v) is 10.9. The fraction of sp³-hybridized carbons (Fsp3) is 0.385. The molecule has 0 aliphatic rings. The Hall–Kier alpha value is -1.39. The monoisotopic (exact) mass is 264 g/mol. The molecule has 0 radical (unpaired) electrons. The molecule has 0 spiro atoms. The Kier molecular flexibility index (Phi) is 4.73. The SMILES string of the molecule is NCC(CCc1ccc(Cl)cc1)Cn1cncn1. The highest BCUT2D eigenvalue weighted by molar-refractivity contribution is 6.30. The molecule has 0 aliphatic heterocycles. The molecule has 0 saturated carbocycles. The normalized spacial score (nSPS) is 12.6. The summed E-state index contributed by atoms with van der Waals surface area (Å²) in [6.45, 7) is 1.48. The lowest BCUT2D eigenvalue weighted by Crippen LogP contribution is -2.21. The van der Waals surface area contributed by atoms with Crippen LogP contribution in [0.5, 0.6) is 0 Å². The number of nitrogens with two attached hydrogens (primary N) is 1. The van der Waals surface area contributed by atoms with Crippen molar-refractivity contribution in [2.24, 2.45) is 11.7 Å². The van der Waals surface area contributed by atoms with Gasteiger partial charge in [-0.15, -0.1) is 0 Å². The van der Waals surface area contributed by atoms with Crippen LogP contribution >= 0.6 is 11.6 Å². The molecule has 4 nitrogen and oxygen atoms in total. The molecule has 1 aromatic carbocycles. The highest BCUT2D eigenvalue weighted by Gasteiger charge is 2.08. The van der Waals surface area contributed by atoms with Crippen LogP contribution in [-0.2, 0) is 13.0 Å². The molecule has 1 atom stereocenters. The summed E-state index contributed by atoms with van der Waals surface area (Å²) in [5, 5.41) is 4.88. The van der Waals surface area contributed by atoms with Crippen molar-refractivity contribution in [3.05, 3.63) is 47.5 Å². The number of aryl methyl sites for hydroxylation is 1. The van der Waals surface area contributed by atoms with E-state index in [0.717, 1.165) is 24.4 Å². The van der Waals surface area contributed by atoms with Crippen molar-refractivity contribution in [1.82, 2.24) is 14.8 Å². The van der Waals surface area contributed by atoms with Crippen LogP contribution in [0.4, 0.5) is 0 Å². The first-order valence-electron chi connectivity index (χ1n) is 6.05. The van der Waals surface area contributed by atoms with E-state index >= 15 is 0 Å². The van der Waals surface area contributed by atoms with Crippen LogP contribution in [0.15, 0.2) is 36.9 Å². The maximum absolute atomic E-state index is 5.86. The lowest BCUT2D eigenvalue weighted by Gasteiger charge is -2.14. The van der Waals surface area contributed by atoms with Gasteiger partial charge in [0.15, 0.2) is 0 Å². The summed E-state index contributed by atoms with van der Waals surface area (Å²) in [5.74, 6) is 0.419.